The number of unbranched alkanes of at least 4 members (excludes halogenated alkanes) is 12. The minimum Gasteiger partial charge on any atom is -0.329 e. The van der Waals surface area contributed by atoms with E-state index in [9.17, 15) is 14.3 Å². The quantitative estimate of drug-likeness (QED) is 0.165. The van der Waals surface area contributed by atoms with Crippen LogP contribution in [0.2, 0.25) is 0 Å². The van der Waals surface area contributed by atoms with Gasteiger partial charge in [0.1, 0.15) is 13.2 Å². The Hall–Kier alpha value is -0.220. The Labute approximate surface area is 168 Å². The molecular weight excluding hydrogens is 361 g/mol. The van der Waals surface area contributed by atoms with Crippen molar-refractivity contribution in [2.75, 3.05) is 34.3 Å². The molecule has 0 saturated carbocycles. The summed E-state index contributed by atoms with van der Waals surface area (Å²) in [5.41, 5.74) is -0.632. The Bertz CT molecular complexity index is 421. The third-order valence-electron chi connectivity index (χ3n) is 4.84. The first-order valence-corrected chi connectivity index (χ1v) is 12.6. The van der Waals surface area contributed by atoms with Gasteiger partial charge in [0.15, 0.2) is 0 Å². The molecule has 6 heteroatoms. The molecule has 0 rings (SSSR count). The predicted molar refractivity (Wildman–Crippen MR) is 114 cm³/mol. The second kappa shape index (κ2) is 15.7. The van der Waals surface area contributed by atoms with Gasteiger partial charge in [-0.25, -0.2) is 0 Å². The highest BCUT2D eigenvalue weighted by Gasteiger charge is 2.30. The molecule has 1 unspecified atom stereocenters. The van der Waals surface area contributed by atoms with Crippen LogP contribution < -0.4 is 0 Å². The average molecular weight is 407 g/mol. The van der Waals surface area contributed by atoms with Crippen LogP contribution in [0.1, 0.15) is 96.8 Å². The van der Waals surface area contributed by atoms with Crippen molar-refractivity contribution in [2.24, 2.45) is 0 Å². The van der Waals surface area contributed by atoms with Gasteiger partial charge in [0.25, 0.3) is 0 Å². The Morgan fingerprint density at radius 2 is 1.22 bits per heavy atom. The number of rotatable bonds is 19. The fraction of sp³-hybridized carbons (Fsp3) is 0.952. The molecule has 0 aromatic carbocycles. The first-order chi connectivity index (χ1) is 12.7. The average Bonchev–Trinajstić information content (AvgIpc) is 2.57. The van der Waals surface area contributed by atoms with Gasteiger partial charge in [0, 0.05) is 6.42 Å². The van der Waals surface area contributed by atoms with Crippen LogP contribution in [0.4, 0.5) is 0 Å². The number of carbonyl (C=O) groups is 1. The second-order valence-corrected chi connectivity index (χ2v) is 10.6. The summed E-state index contributed by atoms with van der Waals surface area (Å²) >= 11 is 0. The lowest BCUT2D eigenvalue weighted by Crippen LogP contribution is -2.37. The number of nitrogens with zero attached hydrogens (tertiary/aromatic N) is 1. The van der Waals surface area contributed by atoms with Gasteiger partial charge >= 0.3 is 7.60 Å². The topological polar surface area (TPSA) is 63.6 Å². The van der Waals surface area contributed by atoms with Crippen molar-refractivity contribution in [3.05, 3.63) is 0 Å². The normalized spacial score (nSPS) is 14.3. The molecule has 5 nitrogen and oxygen atoms in total. The third-order valence-corrected chi connectivity index (χ3v) is 6.22. The molecule has 0 fully saturated rings. The maximum absolute atomic E-state index is 11.9. The van der Waals surface area contributed by atoms with E-state index < -0.39 is 13.1 Å². The fourth-order valence-corrected chi connectivity index (χ4v) is 3.86. The van der Waals surface area contributed by atoms with Crippen molar-refractivity contribution in [1.82, 2.24) is 0 Å². The lowest BCUT2D eigenvalue weighted by atomic mass is 10.0. The highest BCUT2D eigenvalue weighted by atomic mass is 31.2. The number of hydrogen-bond donors (Lipinski definition) is 1. The van der Waals surface area contributed by atoms with E-state index in [1.807, 2.05) is 21.1 Å². The molecule has 0 radical (unpaired) electrons. The molecule has 1 N–H and O–H groups in total. The molecular formula is C21H45NO4P+. The summed E-state index contributed by atoms with van der Waals surface area (Å²) in [4.78, 5) is 21.6. The zero-order valence-corrected chi connectivity index (χ0v) is 19.3. The van der Waals surface area contributed by atoms with Crippen LogP contribution in [-0.4, -0.2) is 49.2 Å². The van der Waals surface area contributed by atoms with Gasteiger partial charge in [0.2, 0.25) is 5.52 Å². The lowest BCUT2D eigenvalue weighted by molar-refractivity contribution is -0.870. The first-order valence-electron chi connectivity index (χ1n) is 11.0. The first kappa shape index (κ1) is 26.8. The van der Waals surface area contributed by atoms with Crippen LogP contribution in [0, 0.1) is 0 Å². The molecule has 0 heterocycles. The van der Waals surface area contributed by atoms with E-state index in [1.165, 1.54) is 64.2 Å². The van der Waals surface area contributed by atoms with E-state index in [1.54, 1.807) is 0 Å². The van der Waals surface area contributed by atoms with Crippen LogP contribution in [0.15, 0.2) is 0 Å². The summed E-state index contributed by atoms with van der Waals surface area (Å²) < 4.78 is 17.5. The minimum atomic E-state index is -4.10. The smallest absolute Gasteiger partial charge is 0.329 e. The molecule has 0 aliphatic heterocycles. The van der Waals surface area contributed by atoms with Gasteiger partial charge in [-0.2, -0.15) is 0 Å². The highest BCUT2D eigenvalue weighted by molar-refractivity contribution is 7.70. The highest BCUT2D eigenvalue weighted by Crippen LogP contribution is 2.44. The van der Waals surface area contributed by atoms with E-state index in [0.29, 0.717) is 17.4 Å². The summed E-state index contributed by atoms with van der Waals surface area (Å²) in [7, 11) is 1.82. The van der Waals surface area contributed by atoms with Crippen molar-refractivity contribution >= 4 is 13.1 Å². The van der Waals surface area contributed by atoms with Gasteiger partial charge in [-0.15, -0.1) is 0 Å². The van der Waals surface area contributed by atoms with Gasteiger partial charge in [-0.3, -0.25) is 13.9 Å². The van der Waals surface area contributed by atoms with Crippen molar-refractivity contribution in [2.45, 2.75) is 96.8 Å². The second-order valence-electron chi connectivity index (χ2n) is 8.75. The fourth-order valence-electron chi connectivity index (χ4n) is 2.95. The van der Waals surface area contributed by atoms with Gasteiger partial charge in [-0.1, -0.05) is 84.0 Å². The summed E-state index contributed by atoms with van der Waals surface area (Å²) in [6.07, 6.45) is 16.2. The predicted octanol–water partition coefficient (Wildman–Crippen LogP) is 5.90. The van der Waals surface area contributed by atoms with Crippen molar-refractivity contribution in [3.63, 3.8) is 0 Å². The van der Waals surface area contributed by atoms with E-state index in [0.717, 1.165) is 12.8 Å². The maximum atomic E-state index is 11.9. The van der Waals surface area contributed by atoms with Gasteiger partial charge in [-0.05, 0) is 6.42 Å². The molecule has 27 heavy (non-hydrogen) atoms. The third kappa shape index (κ3) is 17.6. The van der Waals surface area contributed by atoms with E-state index in [4.69, 9.17) is 4.52 Å². The van der Waals surface area contributed by atoms with Crippen molar-refractivity contribution in [3.8, 4) is 0 Å². The molecule has 0 bridgehead atoms. The summed E-state index contributed by atoms with van der Waals surface area (Å²) in [6, 6.07) is 0. The molecule has 0 amide bonds. The summed E-state index contributed by atoms with van der Waals surface area (Å²) in [6.45, 7) is 2.97. The molecule has 1 atom stereocenters. The Morgan fingerprint density at radius 1 is 0.815 bits per heavy atom. The monoisotopic (exact) mass is 406 g/mol. The SMILES string of the molecule is CCCCCCCCCCCCCCCC(=O)P(=O)(O)OCC[N+](C)(C)C. The van der Waals surface area contributed by atoms with Crippen LogP contribution in [0.5, 0.6) is 0 Å². The van der Waals surface area contributed by atoms with Gasteiger partial charge < -0.3 is 9.38 Å². The molecule has 0 saturated heterocycles. The van der Waals surface area contributed by atoms with E-state index in [2.05, 4.69) is 6.92 Å². The molecule has 0 spiro atoms. The number of hydrogen-bond acceptors (Lipinski definition) is 3. The lowest BCUT2D eigenvalue weighted by Gasteiger charge is -2.23. The Kier molecular flexibility index (Phi) is 15.5. The summed E-state index contributed by atoms with van der Waals surface area (Å²) in [5.74, 6) is 0. The molecule has 0 aromatic heterocycles. The molecule has 0 aliphatic rings. The van der Waals surface area contributed by atoms with Crippen LogP contribution in [0.25, 0.3) is 0 Å². The van der Waals surface area contributed by atoms with Crippen LogP contribution >= 0.6 is 7.60 Å². The minimum absolute atomic E-state index is 0.127. The molecule has 0 aliphatic carbocycles. The zero-order valence-electron chi connectivity index (χ0n) is 18.4. The Balaban J connectivity index is 3.53. The summed E-state index contributed by atoms with van der Waals surface area (Å²) in [5, 5.41) is 0. The van der Waals surface area contributed by atoms with Gasteiger partial charge in [0.05, 0.1) is 21.1 Å². The number of carbonyl (C=O) groups excluding carboxylic acids is 1. The number of likely N-dealkylation sites (N-methyl/N-ethyl adjacent to an activating group) is 1. The largest absolute Gasteiger partial charge is 0.394 e. The molecule has 0 aromatic rings. The molecule has 162 valence electrons. The van der Waals surface area contributed by atoms with Crippen molar-refractivity contribution < 1.29 is 23.3 Å². The van der Waals surface area contributed by atoms with Crippen molar-refractivity contribution in [1.29, 1.82) is 0 Å². The Morgan fingerprint density at radius 3 is 1.63 bits per heavy atom. The van der Waals surface area contributed by atoms with Crippen LogP contribution in [-0.2, 0) is 13.9 Å². The zero-order chi connectivity index (χ0) is 20.6. The van der Waals surface area contributed by atoms with E-state index >= 15 is 0 Å². The van der Waals surface area contributed by atoms with Crippen LogP contribution in [0.3, 0.4) is 0 Å². The standard InChI is InChI=1S/C21H44NO4P/c1-5-6-7-8-9-10-11-12-13-14-15-16-17-18-21(23)27(24,25)26-20-19-22(2,3)4/h5-20H2,1-4H3/p+1. The maximum Gasteiger partial charge on any atom is 0.394 e. The van der Waals surface area contributed by atoms with E-state index in [-0.39, 0.29) is 13.0 Å². The number of quaternary nitrogens is 1.